The van der Waals surface area contributed by atoms with Crippen LogP contribution in [0.25, 0.3) is 0 Å². The van der Waals surface area contributed by atoms with Crippen LogP contribution in [0.1, 0.15) is 10.5 Å². The molecule has 0 saturated carbocycles. The Balaban J connectivity index is 2.49. The SMILES string of the molecule is N#CNN=CNC(=O)c1cnccn1. The molecule has 0 bridgehead atoms. The fourth-order valence-corrected chi connectivity index (χ4v) is 0.642. The molecule has 70 valence electrons. The van der Waals surface area contributed by atoms with Gasteiger partial charge < -0.3 is 5.32 Å². The van der Waals surface area contributed by atoms with Crippen molar-refractivity contribution in [1.82, 2.24) is 20.7 Å². The lowest BCUT2D eigenvalue weighted by molar-refractivity contribution is 0.0973. The maximum atomic E-state index is 11.2. The Morgan fingerprint density at radius 3 is 3.14 bits per heavy atom. The van der Waals surface area contributed by atoms with Crippen LogP contribution in [0.5, 0.6) is 0 Å². The van der Waals surface area contributed by atoms with Crippen molar-refractivity contribution in [3.8, 4) is 6.19 Å². The third kappa shape index (κ3) is 2.86. The van der Waals surface area contributed by atoms with E-state index in [1.807, 2.05) is 5.43 Å². The minimum Gasteiger partial charge on any atom is -0.310 e. The zero-order valence-corrected chi connectivity index (χ0v) is 7.01. The maximum absolute atomic E-state index is 11.2. The molecule has 0 fully saturated rings. The van der Waals surface area contributed by atoms with Crippen LogP contribution in [0.15, 0.2) is 23.7 Å². The number of carbonyl (C=O) groups is 1. The Bertz CT molecular complexity index is 368. The summed E-state index contributed by atoms with van der Waals surface area (Å²) in [5, 5.41) is 13.7. The minimum atomic E-state index is -0.443. The first-order valence-electron chi connectivity index (χ1n) is 3.57. The van der Waals surface area contributed by atoms with Crippen molar-refractivity contribution in [1.29, 1.82) is 5.26 Å². The molecule has 2 N–H and O–H groups in total. The van der Waals surface area contributed by atoms with Crippen LogP contribution in [-0.4, -0.2) is 22.2 Å². The molecular formula is C7H6N6O. The molecular weight excluding hydrogens is 184 g/mol. The quantitative estimate of drug-likeness (QED) is 0.214. The third-order valence-corrected chi connectivity index (χ3v) is 1.17. The first kappa shape index (κ1) is 9.60. The molecule has 0 aliphatic heterocycles. The molecule has 1 rings (SSSR count). The molecule has 0 saturated heterocycles. The zero-order chi connectivity index (χ0) is 10.2. The van der Waals surface area contributed by atoms with E-state index in [4.69, 9.17) is 5.26 Å². The van der Waals surface area contributed by atoms with Crippen molar-refractivity contribution in [3.63, 3.8) is 0 Å². The van der Waals surface area contributed by atoms with Gasteiger partial charge in [0.1, 0.15) is 12.0 Å². The van der Waals surface area contributed by atoms with Crippen LogP contribution in [0.4, 0.5) is 0 Å². The van der Waals surface area contributed by atoms with Crippen molar-refractivity contribution in [2.75, 3.05) is 0 Å². The molecule has 0 spiro atoms. The van der Waals surface area contributed by atoms with Crippen molar-refractivity contribution in [2.45, 2.75) is 0 Å². The van der Waals surface area contributed by atoms with Crippen molar-refractivity contribution in [2.24, 2.45) is 5.10 Å². The topological polar surface area (TPSA) is 103 Å². The lowest BCUT2D eigenvalue weighted by Crippen LogP contribution is -2.23. The number of rotatable bonds is 3. The van der Waals surface area contributed by atoms with Gasteiger partial charge in [-0.05, 0) is 0 Å². The Morgan fingerprint density at radius 1 is 1.64 bits per heavy atom. The van der Waals surface area contributed by atoms with Gasteiger partial charge in [0, 0.05) is 12.4 Å². The average molecular weight is 190 g/mol. The summed E-state index contributed by atoms with van der Waals surface area (Å²) in [7, 11) is 0. The van der Waals surface area contributed by atoms with Crippen LogP contribution < -0.4 is 10.7 Å². The van der Waals surface area contributed by atoms with Crippen LogP contribution in [0, 0.1) is 11.5 Å². The van der Waals surface area contributed by atoms with Gasteiger partial charge in [0.2, 0.25) is 0 Å². The van der Waals surface area contributed by atoms with E-state index in [2.05, 4.69) is 20.4 Å². The summed E-state index contributed by atoms with van der Waals surface area (Å²) in [4.78, 5) is 18.7. The summed E-state index contributed by atoms with van der Waals surface area (Å²) >= 11 is 0. The fraction of sp³-hybridized carbons (Fsp3) is 0. The number of carbonyl (C=O) groups excluding carboxylic acids is 1. The van der Waals surface area contributed by atoms with Crippen LogP contribution in [-0.2, 0) is 0 Å². The lowest BCUT2D eigenvalue weighted by atomic mass is 10.4. The molecule has 0 radical (unpaired) electrons. The largest absolute Gasteiger partial charge is 0.310 e. The van der Waals surface area contributed by atoms with E-state index in [1.165, 1.54) is 18.6 Å². The molecule has 7 heteroatoms. The average Bonchev–Trinajstić information content (AvgIpc) is 2.25. The number of aromatic nitrogens is 2. The summed E-state index contributed by atoms with van der Waals surface area (Å²) in [6.07, 6.45) is 6.79. The molecule has 0 unspecified atom stereocenters. The molecule has 0 aliphatic carbocycles. The standard InChI is InChI=1S/C7H6N6O/c8-4-12-13-5-11-7(14)6-3-9-1-2-10-6/h1-3,5,12H,(H,11,13,14). The van der Waals surface area contributed by atoms with E-state index in [0.717, 1.165) is 6.34 Å². The summed E-state index contributed by atoms with van der Waals surface area (Å²) in [5.74, 6) is -0.443. The van der Waals surface area contributed by atoms with Gasteiger partial charge in [0.15, 0.2) is 6.19 Å². The normalized spacial score (nSPS) is 9.36. The number of amides is 1. The number of nitrogens with zero attached hydrogens (tertiary/aromatic N) is 4. The highest BCUT2D eigenvalue weighted by atomic mass is 16.1. The van der Waals surface area contributed by atoms with Gasteiger partial charge in [-0.15, -0.1) is 0 Å². The summed E-state index contributed by atoms with van der Waals surface area (Å²) in [6, 6.07) is 0. The Hall–Kier alpha value is -2.49. The predicted molar refractivity (Wildman–Crippen MR) is 46.7 cm³/mol. The summed E-state index contributed by atoms with van der Waals surface area (Å²) < 4.78 is 0. The molecule has 1 amide bonds. The Morgan fingerprint density at radius 2 is 2.50 bits per heavy atom. The molecule has 1 aromatic heterocycles. The molecule has 0 aromatic carbocycles. The van der Waals surface area contributed by atoms with Gasteiger partial charge in [0.05, 0.1) is 6.20 Å². The maximum Gasteiger partial charge on any atom is 0.276 e. The summed E-state index contributed by atoms with van der Waals surface area (Å²) in [6.45, 7) is 0. The Labute approximate surface area is 79.5 Å². The smallest absolute Gasteiger partial charge is 0.276 e. The van der Waals surface area contributed by atoms with Gasteiger partial charge in [0.25, 0.3) is 5.91 Å². The molecule has 1 heterocycles. The highest BCUT2D eigenvalue weighted by Gasteiger charge is 2.03. The van der Waals surface area contributed by atoms with E-state index < -0.39 is 5.91 Å². The molecule has 14 heavy (non-hydrogen) atoms. The van der Waals surface area contributed by atoms with E-state index in [9.17, 15) is 4.79 Å². The van der Waals surface area contributed by atoms with E-state index in [-0.39, 0.29) is 5.69 Å². The highest BCUT2D eigenvalue weighted by Crippen LogP contribution is 1.87. The fourth-order valence-electron chi connectivity index (χ4n) is 0.642. The molecule has 1 aromatic rings. The summed E-state index contributed by atoms with van der Waals surface area (Å²) in [5.41, 5.74) is 2.16. The second kappa shape index (κ2) is 5.21. The number of nitriles is 1. The van der Waals surface area contributed by atoms with Crippen molar-refractivity contribution >= 4 is 12.2 Å². The van der Waals surface area contributed by atoms with Gasteiger partial charge in [-0.25, -0.2) is 10.4 Å². The molecule has 7 nitrogen and oxygen atoms in total. The monoisotopic (exact) mass is 190 g/mol. The van der Waals surface area contributed by atoms with E-state index >= 15 is 0 Å². The number of hydrogen-bond acceptors (Lipinski definition) is 6. The molecule has 0 atom stereocenters. The van der Waals surface area contributed by atoms with Gasteiger partial charge >= 0.3 is 0 Å². The third-order valence-electron chi connectivity index (χ3n) is 1.17. The predicted octanol–water partition coefficient (Wildman–Crippen LogP) is -0.780. The minimum absolute atomic E-state index is 0.177. The van der Waals surface area contributed by atoms with Crippen LogP contribution in [0.3, 0.4) is 0 Å². The van der Waals surface area contributed by atoms with Crippen LogP contribution in [0.2, 0.25) is 0 Å². The van der Waals surface area contributed by atoms with Crippen molar-refractivity contribution < 1.29 is 4.79 Å². The van der Waals surface area contributed by atoms with Gasteiger partial charge in [-0.3, -0.25) is 9.78 Å². The Kier molecular flexibility index (Phi) is 3.57. The van der Waals surface area contributed by atoms with E-state index in [0.29, 0.717) is 0 Å². The highest BCUT2D eigenvalue weighted by molar-refractivity contribution is 5.98. The second-order valence-electron chi connectivity index (χ2n) is 2.05. The first-order valence-corrected chi connectivity index (χ1v) is 3.57. The second-order valence-corrected chi connectivity index (χ2v) is 2.05. The van der Waals surface area contributed by atoms with Gasteiger partial charge in [-0.2, -0.15) is 10.4 Å². The molecule has 0 aliphatic rings. The van der Waals surface area contributed by atoms with E-state index in [1.54, 1.807) is 6.19 Å². The number of hydrazone groups is 1. The number of nitrogens with one attached hydrogen (secondary N) is 2. The lowest BCUT2D eigenvalue weighted by Gasteiger charge is -1.95. The zero-order valence-electron chi connectivity index (χ0n) is 7.01. The van der Waals surface area contributed by atoms with Crippen LogP contribution >= 0.6 is 0 Å². The first-order chi connectivity index (χ1) is 6.84. The van der Waals surface area contributed by atoms with Gasteiger partial charge in [-0.1, -0.05) is 0 Å². The number of hydrogen-bond donors (Lipinski definition) is 2. The van der Waals surface area contributed by atoms with Crippen molar-refractivity contribution in [3.05, 3.63) is 24.3 Å².